The second kappa shape index (κ2) is 8.23. The predicted octanol–water partition coefficient (Wildman–Crippen LogP) is 2.69. The van der Waals surface area contributed by atoms with Crippen LogP contribution in [0.4, 0.5) is 18.9 Å². The molecule has 1 rings (SSSR count). The molecule has 0 radical (unpaired) electrons. The Kier molecular flexibility index (Phi) is 6.97. The van der Waals surface area contributed by atoms with Gasteiger partial charge >= 0.3 is 6.18 Å². The summed E-state index contributed by atoms with van der Waals surface area (Å²) in [5.41, 5.74) is -0.753. The van der Waals surface area contributed by atoms with E-state index in [2.05, 4.69) is 10.4 Å². The molecule has 0 aliphatic carbocycles. The van der Waals surface area contributed by atoms with E-state index in [1.54, 1.807) is 0 Å². The molecule has 0 aliphatic heterocycles. The van der Waals surface area contributed by atoms with E-state index in [1.807, 2.05) is 6.92 Å². The van der Waals surface area contributed by atoms with E-state index in [4.69, 9.17) is 16.3 Å². The fourth-order valence-corrected chi connectivity index (χ4v) is 1.73. The SMILES string of the molecule is CCCOCCCNc1cnn(CC(F)(F)F)c(=O)c1Cl. The molecule has 0 unspecified atom stereocenters. The van der Waals surface area contributed by atoms with Gasteiger partial charge in [-0.1, -0.05) is 18.5 Å². The van der Waals surface area contributed by atoms with E-state index in [1.165, 1.54) is 0 Å². The summed E-state index contributed by atoms with van der Waals surface area (Å²) in [6.45, 7) is 2.25. The number of nitrogens with zero attached hydrogens (tertiary/aromatic N) is 2. The normalized spacial score (nSPS) is 11.7. The minimum Gasteiger partial charge on any atom is -0.382 e. The molecule has 0 spiro atoms. The smallest absolute Gasteiger partial charge is 0.382 e. The van der Waals surface area contributed by atoms with Gasteiger partial charge < -0.3 is 10.1 Å². The third-order valence-electron chi connectivity index (χ3n) is 2.44. The highest BCUT2D eigenvalue weighted by Gasteiger charge is 2.29. The molecule has 21 heavy (non-hydrogen) atoms. The topological polar surface area (TPSA) is 56.1 Å². The Morgan fingerprint density at radius 3 is 2.76 bits per heavy atom. The standard InChI is InChI=1S/C12H17ClF3N3O2/c1-2-5-21-6-3-4-17-9-7-18-19(8-12(14,15)16)11(20)10(9)13/h7,17H,2-6,8H2,1H3. The van der Waals surface area contributed by atoms with Crippen LogP contribution in [-0.2, 0) is 11.3 Å². The zero-order chi connectivity index (χ0) is 15.9. The number of halogens is 4. The summed E-state index contributed by atoms with van der Waals surface area (Å²) in [6.07, 6.45) is -1.79. The second-order valence-electron chi connectivity index (χ2n) is 4.34. The van der Waals surface area contributed by atoms with Gasteiger partial charge in [-0.3, -0.25) is 4.79 Å². The van der Waals surface area contributed by atoms with Gasteiger partial charge in [-0.15, -0.1) is 0 Å². The molecule has 0 amide bonds. The molecular weight excluding hydrogens is 311 g/mol. The number of hydrogen-bond acceptors (Lipinski definition) is 4. The number of anilines is 1. The number of ether oxygens (including phenoxy) is 1. The molecule has 1 aromatic heterocycles. The monoisotopic (exact) mass is 327 g/mol. The zero-order valence-electron chi connectivity index (χ0n) is 11.5. The Hall–Kier alpha value is -1.28. The van der Waals surface area contributed by atoms with Crippen LogP contribution in [0.3, 0.4) is 0 Å². The molecule has 0 bridgehead atoms. The van der Waals surface area contributed by atoms with Gasteiger partial charge in [0.15, 0.2) is 0 Å². The lowest BCUT2D eigenvalue weighted by Gasteiger charge is -2.11. The fourth-order valence-electron chi connectivity index (χ4n) is 1.51. The average Bonchev–Trinajstić information content (AvgIpc) is 2.40. The van der Waals surface area contributed by atoms with E-state index in [0.717, 1.165) is 12.6 Å². The van der Waals surface area contributed by atoms with E-state index in [9.17, 15) is 18.0 Å². The molecule has 1 heterocycles. The summed E-state index contributed by atoms with van der Waals surface area (Å²) in [6, 6.07) is 0. The van der Waals surface area contributed by atoms with E-state index < -0.39 is 18.3 Å². The van der Waals surface area contributed by atoms with Crippen LogP contribution in [0, 0.1) is 0 Å². The Balaban J connectivity index is 2.57. The van der Waals surface area contributed by atoms with E-state index >= 15 is 0 Å². The molecule has 0 aromatic carbocycles. The van der Waals surface area contributed by atoms with Crippen molar-refractivity contribution in [2.75, 3.05) is 25.1 Å². The molecule has 5 nitrogen and oxygen atoms in total. The number of alkyl halides is 3. The maximum atomic E-state index is 12.2. The van der Waals surface area contributed by atoms with Gasteiger partial charge in [0.1, 0.15) is 11.6 Å². The van der Waals surface area contributed by atoms with Crippen LogP contribution in [0.1, 0.15) is 19.8 Å². The average molecular weight is 328 g/mol. The van der Waals surface area contributed by atoms with Crippen LogP contribution in [0.5, 0.6) is 0 Å². The van der Waals surface area contributed by atoms with Crippen molar-refractivity contribution < 1.29 is 17.9 Å². The maximum Gasteiger partial charge on any atom is 0.408 e. The summed E-state index contributed by atoms with van der Waals surface area (Å²) in [5.74, 6) is 0. The fraction of sp³-hybridized carbons (Fsp3) is 0.667. The number of aromatic nitrogens is 2. The van der Waals surface area contributed by atoms with E-state index in [0.29, 0.717) is 26.2 Å². The highest BCUT2D eigenvalue weighted by molar-refractivity contribution is 6.32. The highest BCUT2D eigenvalue weighted by atomic mass is 35.5. The molecule has 0 saturated heterocycles. The van der Waals surface area contributed by atoms with Crippen LogP contribution < -0.4 is 10.9 Å². The molecule has 120 valence electrons. The lowest BCUT2D eigenvalue weighted by molar-refractivity contribution is -0.143. The minimum absolute atomic E-state index is 0.218. The molecule has 0 aliphatic rings. The Morgan fingerprint density at radius 2 is 2.14 bits per heavy atom. The molecule has 0 fully saturated rings. The predicted molar refractivity (Wildman–Crippen MR) is 73.8 cm³/mol. The summed E-state index contributed by atoms with van der Waals surface area (Å²) >= 11 is 5.76. The van der Waals surface area contributed by atoms with Gasteiger partial charge in [-0.2, -0.15) is 18.3 Å². The van der Waals surface area contributed by atoms with Crippen LogP contribution in [0.15, 0.2) is 11.0 Å². The third kappa shape index (κ3) is 6.34. The zero-order valence-corrected chi connectivity index (χ0v) is 12.3. The van der Waals surface area contributed by atoms with Crippen molar-refractivity contribution in [2.24, 2.45) is 0 Å². The van der Waals surface area contributed by atoms with Crippen molar-refractivity contribution in [3.63, 3.8) is 0 Å². The number of rotatable bonds is 8. The quantitative estimate of drug-likeness (QED) is 0.746. The van der Waals surface area contributed by atoms with Crippen LogP contribution >= 0.6 is 11.6 Å². The Labute approximate surface area is 125 Å². The third-order valence-corrected chi connectivity index (χ3v) is 2.81. The number of hydrogen-bond donors (Lipinski definition) is 1. The van der Waals surface area contributed by atoms with Crippen molar-refractivity contribution in [2.45, 2.75) is 32.5 Å². The van der Waals surface area contributed by atoms with Crippen molar-refractivity contribution in [3.05, 3.63) is 21.6 Å². The first kappa shape index (κ1) is 17.8. The summed E-state index contributed by atoms with van der Waals surface area (Å²) in [4.78, 5) is 11.6. The molecular formula is C12H17ClF3N3O2. The van der Waals surface area contributed by atoms with Gasteiger partial charge in [0.05, 0.1) is 11.9 Å². The minimum atomic E-state index is -4.52. The van der Waals surface area contributed by atoms with Crippen molar-refractivity contribution >= 4 is 17.3 Å². The molecule has 9 heteroatoms. The van der Waals surface area contributed by atoms with Gasteiger partial charge in [-0.05, 0) is 12.8 Å². The number of nitrogens with one attached hydrogen (secondary N) is 1. The Bertz CT molecular complexity index is 506. The summed E-state index contributed by atoms with van der Waals surface area (Å²) < 4.78 is 42.3. The molecule has 1 aromatic rings. The van der Waals surface area contributed by atoms with Crippen LogP contribution in [0.25, 0.3) is 0 Å². The second-order valence-corrected chi connectivity index (χ2v) is 4.72. The first-order valence-corrected chi connectivity index (χ1v) is 6.87. The Morgan fingerprint density at radius 1 is 1.43 bits per heavy atom. The van der Waals surface area contributed by atoms with Gasteiger partial charge in [0.25, 0.3) is 5.56 Å². The van der Waals surface area contributed by atoms with Crippen LogP contribution in [0.2, 0.25) is 5.02 Å². The maximum absolute atomic E-state index is 12.2. The first-order chi connectivity index (χ1) is 9.85. The van der Waals surface area contributed by atoms with Gasteiger partial charge in [-0.25, -0.2) is 4.68 Å². The summed E-state index contributed by atoms with van der Waals surface area (Å²) in [5, 5.41) is 6.01. The van der Waals surface area contributed by atoms with Crippen molar-refractivity contribution in [1.29, 1.82) is 0 Å². The van der Waals surface area contributed by atoms with Crippen molar-refractivity contribution in [1.82, 2.24) is 9.78 Å². The first-order valence-electron chi connectivity index (χ1n) is 6.49. The van der Waals surface area contributed by atoms with Gasteiger partial charge in [0.2, 0.25) is 0 Å². The van der Waals surface area contributed by atoms with Gasteiger partial charge in [0, 0.05) is 19.8 Å². The molecule has 0 atom stereocenters. The lowest BCUT2D eigenvalue weighted by Crippen LogP contribution is -2.31. The molecule has 0 saturated carbocycles. The lowest BCUT2D eigenvalue weighted by atomic mass is 10.4. The summed E-state index contributed by atoms with van der Waals surface area (Å²) in [7, 11) is 0. The van der Waals surface area contributed by atoms with Crippen LogP contribution in [-0.4, -0.2) is 35.7 Å². The van der Waals surface area contributed by atoms with E-state index in [-0.39, 0.29) is 15.4 Å². The largest absolute Gasteiger partial charge is 0.408 e. The highest BCUT2D eigenvalue weighted by Crippen LogP contribution is 2.19. The van der Waals surface area contributed by atoms with Crippen molar-refractivity contribution in [3.8, 4) is 0 Å². The molecule has 1 N–H and O–H groups in total.